The number of aromatic nitrogens is 3. The van der Waals surface area contributed by atoms with Gasteiger partial charge >= 0.3 is 5.97 Å². The third-order valence-electron chi connectivity index (χ3n) is 3.56. The maximum Gasteiger partial charge on any atom is 0.323 e. The number of imidazole rings is 1. The number of halogens is 1. The summed E-state index contributed by atoms with van der Waals surface area (Å²) in [5.74, 6) is -0.360. The first-order valence-electron chi connectivity index (χ1n) is 6.78. The molecular weight excluding hydrogens is 302 g/mol. The predicted octanol–water partition coefficient (Wildman–Crippen LogP) is 3.45. The van der Waals surface area contributed by atoms with Crippen molar-refractivity contribution in [2.45, 2.75) is 20.4 Å². The van der Waals surface area contributed by atoms with E-state index in [1.165, 1.54) is 0 Å². The van der Waals surface area contributed by atoms with Crippen LogP contribution in [0.2, 0.25) is 5.02 Å². The van der Waals surface area contributed by atoms with Crippen LogP contribution in [0.5, 0.6) is 0 Å². The largest absolute Gasteiger partial charge is 0.480 e. The molecule has 22 heavy (non-hydrogen) atoms. The zero-order valence-corrected chi connectivity index (χ0v) is 12.9. The van der Waals surface area contributed by atoms with Crippen LogP contribution in [-0.2, 0) is 11.3 Å². The minimum Gasteiger partial charge on any atom is -0.480 e. The van der Waals surface area contributed by atoms with Crippen molar-refractivity contribution in [3.05, 3.63) is 46.6 Å². The first-order valence-corrected chi connectivity index (χ1v) is 7.15. The van der Waals surface area contributed by atoms with Gasteiger partial charge < -0.3 is 5.11 Å². The lowest BCUT2D eigenvalue weighted by atomic mass is 10.2. The monoisotopic (exact) mass is 315 g/mol. The molecule has 0 aliphatic rings. The van der Waals surface area contributed by atoms with Gasteiger partial charge in [0.05, 0.1) is 0 Å². The fourth-order valence-corrected chi connectivity index (χ4v) is 2.46. The molecule has 2 heterocycles. The lowest BCUT2D eigenvalue weighted by molar-refractivity contribution is -0.137. The van der Waals surface area contributed by atoms with E-state index in [4.69, 9.17) is 11.6 Å². The van der Waals surface area contributed by atoms with Gasteiger partial charge in [-0.05, 0) is 49.7 Å². The summed E-state index contributed by atoms with van der Waals surface area (Å²) < 4.78 is 1.62. The van der Waals surface area contributed by atoms with Crippen molar-refractivity contribution in [1.29, 1.82) is 0 Å². The molecule has 112 valence electrons. The summed E-state index contributed by atoms with van der Waals surface area (Å²) in [4.78, 5) is 20.3. The minimum absolute atomic E-state index is 0.191. The molecule has 0 bridgehead atoms. The molecule has 5 nitrogen and oxygen atoms in total. The first kappa shape index (κ1) is 14.5. The number of hydrogen-bond acceptors (Lipinski definition) is 3. The normalized spacial score (nSPS) is 11.0. The van der Waals surface area contributed by atoms with E-state index in [-0.39, 0.29) is 6.54 Å². The summed E-state index contributed by atoms with van der Waals surface area (Å²) in [6, 6.07) is 9.08. The Labute approximate surface area is 132 Å². The summed E-state index contributed by atoms with van der Waals surface area (Å²) in [5.41, 5.74) is 3.96. The number of hydrogen-bond donors (Lipinski definition) is 1. The van der Waals surface area contributed by atoms with Gasteiger partial charge in [0.2, 0.25) is 0 Å². The Morgan fingerprint density at radius 1 is 1.23 bits per heavy atom. The number of benzene rings is 1. The number of nitrogens with zero attached hydrogens (tertiary/aromatic N) is 3. The van der Waals surface area contributed by atoms with Gasteiger partial charge in [-0.15, -0.1) is 0 Å². The standard InChI is InChI=1S/C16H14ClN3O2/c1-9-7-13-16(18-10(9)2)20(8-14(21)22)15(19-13)11-3-5-12(17)6-4-11/h3-7H,8H2,1-2H3,(H,21,22). The molecule has 2 aromatic heterocycles. The van der Waals surface area contributed by atoms with Crippen LogP contribution in [0.3, 0.4) is 0 Å². The van der Waals surface area contributed by atoms with Crippen LogP contribution in [0, 0.1) is 13.8 Å². The fourth-order valence-electron chi connectivity index (χ4n) is 2.34. The van der Waals surface area contributed by atoms with Crippen molar-refractivity contribution in [3.63, 3.8) is 0 Å². The topological polar surface area (TPSA) is 68.0 Å². The average Bonchev–Trinajstić information content (AvgIpc) is 2.78. The van der Waals surface area contributed by atoms with Gasteiger partial charge in [0.15, 0.2) is 5.65 Å². The van der Waals surface area contributed by atoms with Gasteiger partial charge in [0.1, 0.15) is 17.9 Å². The molecule has 3 aromatic rings. The Morgan fingerprint density at radius 3 is 2.55 bits per heavy atom. The highest BCUT2D eigenvalue weighted by Gasteiger charge is 2.16. The molecule has 0 radical (unpaired) electrons. The molecule has 0 aliphatic carbocycles. The van der Waals surface area contributed by atoms with Gasteiger partial charge in [0, 0.05) is 16.3 Å². The second-order valence-corrected chi connectivity index (χ2v) is 5.59. The summed E-state index contributed by atoms with van der Waals surface area (Å²) in [6.07, 6.45) is 0. The van der Waals surface area contributed by atoms with E-state index in [1.54, 1.807) is 16.7 Å². The molecule has 0 fully saturated rings. The lowest BCUT2D eigenvalue weighted by Gasteiger charge is -2.06. The predicted molar refractivity (Wildman–Crippen MR) is 85.1 cm³/mol. The van der Waals surface area contributed by atoms with Gasteiger partial charge in [-0.1, -0.05) is 11.6 Å². The zero-order chi connectivity index (χ0) is 15.9. The SMILES string of the molecule is Cc1cc2nc(-c3ccc(Cl)cc3)n(CC(=O)O)c2nc1C. The smallest absolute Gasteiger partial charge is 0.323 e. The Hall–Kier alpha value is -2.40. The summed E-state index contributed by atoms with van der Waals surface area (Å²) in [5, 5.41) is 9.81. The number of carboxylic acid groups (broad SMARTS) is 1. The Bertz CT molecular complexity index is 869. The number of pyridine rings is 1. The van der Waals surface area contributed by atoms with E-state index in [2.05, 4.69) is 9.97 Å². The van der Waals surface area contributed by atoms with Crippen LogP contribution in [0.15, 0.2) is 30.3 Å². The van der Waals surface area contributed by atoms with Crippen molar-refractivity contribution < 1.29 is 9.90 Å². The summed E-state index contributed by atoms with van der Waals surface area (Å²) in [6.45, 7) is 3.67. The third kappa shape index (κ3) is 2.55. The quantitative estimate of drug-likeness (QED) is 0.803. The molecule has 3 rings (SSSR count). The van der Waals surface area contributed by atoms with E-state index >= 15 is 0 Å². The van der Waals surface area contributed by atoms with Gasteiger partial charge in [-0.2, -0.15) is 0 Å². The molecule has 6 heteroatoms. The number of rotatable bonds is 3. The van der Waals surface area contributed by atoms with Crippen molar-refractivity contribution >= 4 is 28.7 Å². The van der Waals surface area contributed by atoms with Gasteiger partial charge in [-0.25, -0.2) is 9.97 Å². The van der Waals surface area contributed by atoms with Crippen LogP contribution in [-0.4, -0.2) is 25.6 Å². The number of aliphatic carboxylic acids is 1. The van der Waals surface area contributed by atoms with E-state index in [1.807, 2.05) is 32.0 Å². The van der Waals surface area contributed by atoms with Gasteiger partial charge in [0.25, 0.3) is 0 Å². The van der Waals surface area contributed by atoms with E-state index in [9.17, 15) is 9.90 Å². The maximum absolute atomic E-state index is 11.2. The summed E-state index contributed by atoms with van der Waals surface area (Å²) in [7, 11) is 0. The maximum atomic E-state index is 11.2. The van der Waals surface area contributed by atoms with Crippen LogP contribution in [0.1, 0.15) is 11.3 Å². The molecule has 1 aromatic carbocycles. The molecule has 0 amide bonds. The van der Waals surface area contributed by atoms with Crippen molar-refractivity contribution in [2.24, 2.45) is 0 Å². The Kier molecular flexibility index (Phi) is 3.58. The molecule has 0 aliphatic heterocycles. The van der Waals surface area contributed by atoms with Gasteiger partial charge in [-0.3, -0.25) is 9.36 Å². The Morgan fingerprint density at radius 2 is 1.91 bits per heavy atom. The molecular formula is C16H14ClN3O2. The average molecular weight is 316 g/mol. The van der Waals surface area contributed by atoms with E-state index in [0.29, 0.717) is 22.0 Å². The third-order valence-corrected chi connectivity index (χ3v) is 3.81. The van der Waals surface area contributed by atoms with Crippen molar-refractivity contribution in [2.75, 3.05) is 0 Å². The number of carboxylic acids is 1. The first-order chi connectivity index (χ1) is 10.5. The van der Waals surface area contributed by atoms with Crippen LogP contribution in [0.25, 0.3) is 22.6 Å². The molecule has 0 saturated heterocycles. The van der Waals surface area contributed by atoms with Crippen LogP contribution < -0.4 is 0 Å². The number of carbonyl (C=O) groups is 1. The van der Waals surface area contributed by atoms with Crippen molar-refractivity contribution in [3.8, 4) is 11.4 Å². The molecule has 0 spiro atoms. The molecule has 0 atom stereocenters. The number of aryl methyl sites for hydroxylation is 2. The van der Waals surface area contributed by atoms with E-state index < -0.39 is 5.97 Å². The second-order valence-electron chi connectivity index (χ2n) is 5.16. The van der Waals surface area contributed by atoms with Crippen molar-refractivity contribution in [1.82, 2.24) is 14.5 Å². The minimum atomic E-state index is -0.936. The highest BCUT2D eigenvalue weighted by atomic mass is 35.5. The van der Waals surface area contributed by atoms with E-state index in [0.717, 1.165) is 16.8 Å². The fraction of sp³-hybridized carbons (Fsp3) is 0.188. The Balaban J connectivity index is 2.28. The zero-order valence-electron chi connectivity index (χ0n) is 12.2. The summed E-state index contributed by atoms with van der Waals surface area (Å²) >= 11 is 5.91. The lowest BCUT2D eigenvalue weighted by Crippen LogP contribution is -2.11. The van der Waals surface area contributed by atoms with Crippen LogP contribution in [0.4, 0.5) is 0 Å². The second kappa shape index (κ2) is 5.42. The highest BCUT2D eigenvalue weighted by molar-refractivity contribution is 6.30. The number of fused-ring (bicyclic) bond motifs is 1. The van der Waals surface area contributed by atoms with Crippen LogP contribution >= 0.6 is 11.6 Å². The molecule has 1 N–H and O–H groups in total. The molecule has 0 saturated carbocycles. The highest BCUT2D eigenvalue weighted by Crippen LogP contribution is 2.26. The molecule has 0 unspecified atom stereocenters.